The minimum atomic E-state index is -1.51. The first-order valence-electron chi connectivity index (χ1n) is 186. The van der Waals surface area contributed by atoms with Gasteiger partial charge in [-0.3, -0.25) is 33.9 Å². The quantitative estimate of drug-likeness (QED) is 0.0154. The van der Waals surface area contributed by atoms with Crippen molar-refractivity contribution in [2.24, 2.45) is 5.73 Å². The summed E-state index contributed by atoms with van der Waals surface area (Å²) in [5.74, 6) is 0.276. The summed E-state index contributed by atoms with van der Waals surface area (Å²) in [6, 6.07) is 28.0. The second kappa shape index (κ2) is 35.1. The normalized spacial score (nSPS) is 27.0. The van der Waals surface area contributed by atoms with Crippen LogP contribution in [0.4, 0.5) is 27.5 Å². The Morgan fingerprint density at radius 2 is 1.24 bits per heavy atom. The molecule has 3 aromatic carbocycles. The molecule has 0 amide bonds. The number of anilines is 3. The van der Waals surface area contributed by atoms with E-state index in [1.165, 1.54) is 18.2 Å². The molecule has 4 N–H and O–H groups in total. The van der Waals surface area contributed by atoms with Gasteiger partial charge in [0, 0.05) is 557 Å². The van der Waals surface area contributed by atoms with Crippen LogP contribution < -0.4 is 140 Å². The van der Waals surface area contributed by atoms with Gasteiger partial charge in [-0.1, -0.05) is 91.0 Å². The van der Waals surface area contributed by atoms with Crippen LogP contribution in [-0.2, 0) is 61.2 Å². The van der Waals surface area contributed by atoms with E-state index >= 15 is 0 Å². The molecule has 0 aliphatic heterocycles. The minimum absolute atomic E-state index is 0. The van der Waals surface area contributed by atoms with Crippen molar-refractivity contribution < 1.29 is 630 Å². The molecule has 4 heterocycles. The van der Waals surface area contributed by atoms with Crippen molar-refractivity contribution in [3.8, 4) is 11.3 Å². The maximum absolute atomic E-state index is 12.2. The molecule has 0 radical (unpaired) electrons. The van der Waals surface area contributed by atoms with Gasteiger partial charge in [-0.2, -0.15) is 0 Å². The van der Waals surface area contributed by atoms with E-state index in [0.717, 1.165) is 40.2 Å². The number of hydrogen-bond donors (Lipinski definition) is 3. The summed E-state index contributed by atoms with van der Waals surface area (Å²) < 4.78 is 1640. The van der Waals surface area contributed by atoms with Crippen LogP contribution >= 0.6 is 0 Å². The predicted molar refractivity (Wildman–Crippen MR) is 635 cm³/mol. The number of nitrogens with two attached hydrogens (primary N) is 1. The molecule has 1 unspecified atom stereocenters. The number of fused-ring (bicyclic) bond motifs is 4. The van der Waals surface area contributed by atoms with Crippen molar-refractivity contribution in [3.05, 3.63) is 203 Å². The number of benzene rings is 3. The Kier molecular flexibility index (Phi) is 3.07. The molecular formula is C54H383FK2N14O11. The number of nitrogens with zero attached hydrogens (tertiary/aromatic N) is 11. The van der Waals surface area contributed by atoms with Gasteiger partial charge in [0.2, 0.25) is 11.5 Å². The van der Waals surface area contributed by atoms with E-state index in [1.54, 1.807) is 25.8 Å². The summed E-state index contributed by atoms with van der Waals surface area (Å²) in [6.07, 6.45) is 4.93. The van der Waals surface area contributed by atoms with Crippen LogP contribution in [-0.4, -0.2) is 105 Å². The van der Waals surface area contributed by atoms with Gasteiger partial charge < -0.3 is 46.5 Å². The number of aromatic amines is 2. The summed E-state index contributed by atoms with van der Waals surface area (Å²) in [4.78, 5) is 109. The number of carbonyl (C=O) groups is 3. The van der Waals surface area contributed by atoms with Crippen LogP contribution in [0.2, 0.25) is 0 Å². The molecule has 744 valence electrons. The number of allylic oxidation sites excluding steroid dienone is 1. The molecule has 4 aromatic heterocycles. The smallest absolute Gasteiger partial charge is 1.00 e. The molecule has 0 spiro atoms. The number of esters is 2. The third-order valence-electron chi connectivity index (χ3n) is 11.7. The number of rotatable bonds is 16. The molecule has 82 heavy (non-hydrogen) atoms. The molecule has 2 aliphatic rings. The maximum Gasteiger partial charge on any atom is 1.00 e. The van der Waals surface area contributed by atoms with Crippen LogP contribution in [0.1, 0.15) is 549 Å². The molecule has 7 aromatic rings. The van der Waals surface area contributed by atoms with Crippen LogP contribution in [0, 0.1) is 16.7 Å². The number of halogens is 1. The zero-order chi connectivity index (χ0) is 381. The predicted octanol–water partition coefficient (Wildman–Crippen LogP) is 38.7. The van der Waals surface area contributed by atoms with Crippen LogP contribution in [0.15, 0.2) is 125 Å². The number of alkyl halides is 1. The summed E-state index contributed by atoms with van der Waals surface area (Å²) in [5, 5.41) is 20.1. The van der Waals surface area contributed by atoms with Gasteiger partial charge in [0.15, 0.2) is 0 Å². The third kappa shape index (κ3) is 18.2. The average Bonchev–Trinajstić information content (AvgIpc) is 1.60. The van der Waals surface area contributed by atoms with Crippen molar-refractivity contribution in [1.82, 2.24) is 39.9 Å². The largest absolute Gasteiger partial charge is 1.00 e. The van der Waals surface area contributed by atoms with Crippen molar-refractivity contribution in [3.63, 3.8) is 0 Å². The van der Waals surface area contributed by atoms with Crippen LogP contribution in [0.25, 0.3) is 21.7 Å². The minimum Gasteiger partial charge on any atom is -1.00 e. The van der Waals surface area contributed by atoms with Gasteiger partial charge in [0.05, 0.1) is 43.6 Å². The fraction of sp³-hybridized carbons (Fsp3) is 0.259. The Balaban J connectivity index is -0.00000000950. The first-order chi connectivity index (χ1) is 200. The monoisotopic (exact) mass is 1830 g/mol. The maximum atomic E-state index is 12.2. The number of ether oxygens (including phenoxy) is 2. The standard InChI is InChI=1S/C18H20N4O2.C17H17N5O4.C17H15N5O2.CH3F.CH2O3.2K.163H2.H/c1-3-24-18(23)15-14(19)9-13-16(15)20-11-21-17(13)22(2)10-12-7-5-4-6-8-12;1-4-26-17(23)14(18-2)13-15(22(24)25)16(20-11-19-13)21(3)10-12-8-6-5-7-9-12;1-22(8-10-5-3-2-4-6-10)15-11-7-12-13(14(11)18-9-19-15)16(23)21-17(24)20-12;1-2;2-1-4-3;;;;;;;;;;;;;;;;;;;;;;;;;;;;;;;;;;;;;;;;;;;;;;;;;;;;;;;;;;;;;;;;;;;;;;;;;;;;;;;;;;;;;;;;;;;;;;;;;;;;;;;;;;;;;;;;;;;;;;;;;;;;;;;;;;;;;;;;;;;;;;;;;;;;;;;;;;;;;;;;;;;;;;/h4-8,11H,3,9-10,19H2,1-2H3;5-9,11,14H,4,10H2,1,3H3;2-6,9H,7-8H2,1H3,(H2,20,21,23,24);1H3;1,3H;;;163*1H;/q;;;;;2*+1;;;;;;;;;;;;;;;;;;;;;;;;;;;;;;;;;;;;;;;;;;;;;;;;;;;;;;;;;;;;;;;;;;;;;;;;;;;;;;;;;;;;;;;;;;;;;;;;;;;;;;;;;;;;;;;;;;;;;;;;;;;;;;;;;;;;;;;;;;;;;;;;;;;;;;;;;;;;;;;;;;;;-1/p-1/i;;;1D;;;;161*1+1D;2*1+1;. The fourth-order valence-corrected chi connectivity index (χ4v) is 8.46. The molecule has 1 atom stereocenters. The first kappa shape index (κ1) is 7.19. The van der Waals surface area contributed by atoms with E-state index in [2.05, 4.69) is 73.9 Å². The Morgan fingerprint density at radius 3 is 1.70 bits per heavy atom. The van der Waals surface area contributed by atoms with E-state index in [1.807, 2.05) is 90.6 Å². The Labute approximate surface area is 1060 Å². The number of carbonyl (C=O) groups excluding carboxylic acids is 3. The molecule has 0 fully saturated rings. The zero-order valence-corrected chi connectivity index (χ0v) is 52.3. The van der Waals surface area contributed by atoms with Crippen molar-refractivity contribution in [2.45, 2.75) is 52.4 Å². The van der Waals surface area contributed by atoms with E-state index in [4.69, 9.17) is 511 Å². The molecule has 2 aliphatic carbocycles. The van der Waals surface area contributed by atoms with E-state index in [0.29, 0.717) is 73.0 Å². The topological polar surface area (TPSA) is 328 Å². The summed E-state index contributed by atoms with van der Waals surface area (Å²) in [6.45, 7) is 12.5. The molecular weight excluding hydrogens is 1120 g/mol. The van der Waals surface area contributed by atoms with Crippen LogP contribution in [0.5, 0.6) is 0 Å². The van der Waals surface area contributed by atoms with Gasteiger partial charge in [0.25, 0.3) is 12.0 Å². The number of nitrogens with one attached hydrogen (secondary N) is 2. The number of H-pyrrole nitrogens is 2. The summed E-state index contributed by atoms with van der Waals surface area (Å²) in [7, 11) is 4.56. The third-order valence-corrected chi connectivity index (χ3v) is 11.7. The zero-order valence-electron chi connectivity index (χ0n) is 370. The van der Waals surface area contributed by atoms with Gasteiger partial charge in [-0.05, 0) is 30.5 Å². The first-order valence-corrected chi connectivity index (χ1v) is 24.1. The number of aromatic nitrogens is 8. The van der Waals surface area contributed by atoms with Crippen LogP contribution in [0.3, 0.4) is 0 Å². The second-order valence-corrected chi connectivity index (χ2v) is 17.0. The molecule has 28 heteroatoms. The SMILES string of the molecule is CCOC(=O)C1=C(N)Cc2c1ncnc2N(C)Cc1ccccc1.CN(Cc1ccccc1)c1ncnc2c1Cc1[nH]c(=O)[nH]c(=O)c1-2.O=CO[O-].[2HH].[2HH].[2H]CF.[2H][2H].[2H][2H].[2H][2H].[2H][2H].[2H][2H].[2H][2H].[2H][2H].[2H][2H].[2H][2H].[2H][2H].[2H][2H].[2H][2H].[2H][2H].[2H][2H].[2H][2H].[2H][2H].[2H][2H].[2H][2H].[2H][2H].[2H][2H].[2H][2H].[2H][2H].[2H][2H].[2H][2H].[2H][2H].[2H][2H].[2H][2H].[2H][2H].[2H][2H].[2H][2H].[2H][2H].[2H][2H].[2H][2H].[2H][2H].[2H][2H].[2H][2H].[2H][2H].[2H][2H].[2H][2H].[2H][2H].[2H][2H].[2H][2H].[2H][2H].[2H][2H].[2H][2H].[2H][2H].[2H][2H].[2H][2H].[2H][2H].[2H][2H].[2H][2H].[2H][2H].[2H][2H].[2H][2H].[2H][2H].[2H][2H].[2H][2H].[2H][2H].[2H][2H].[2H][2H].[2H][2H].[2H][2H].[2H][2H].[2H][2H].[2H][2H].[2H][2H].[2H][2H].[2H][2H].[2H][2H].[2H][2H].[2H][2H].[2H][2H].[2H][2H].[2H][2H].[2H][2H].[2H][2H].[2H][2H].[2H][2H].[2H][2H].[2H][2H].[2H][2H].[2H][2H].[2H][2H].[2H][2H].[2H][2H].[2H][2H].[2H][2H].[2H][2H].[2H][2H].[2H][2H].[2H][2H].[2H][2H].[2H][2H].[2H][2H].[2H][2H].[2H][2H].[2H][2H].[2H][2H].[2H][2H].[2H][2H].[2H][2H].[2H][2H].[2H][2H].[2H][2H].[2H][2H].[2H][2H].[2H][2H].[2H][2H].[2H][2H].[2H][2H].[2H][2H].[2H][2H].[2H][2H].[2H][2H].[2H][2H].[2H][2H].[2H][2H].[2H][2H].[2H][2H].[2H][2H].[2H][2H].[2H][2H].[2H][2H].[2H][2H].[2H][2H].[2H][2H].[2H][2H].[2H][2H].[2H][2H].[2H][2H].[2H][2H].[2H][2H].[2H][2H].[2H][2H].[2H][2H].[2H][2H].[2H][2H].[2H][2H].[2H][2H].[2H][2H].[2H][2H].[2H][2H].[2H][2H].[2H][2H].[2H][2H].[2H][2H].[2H][2H].[2H][2H].[2H][2H].[2H][2H].[2H][2H].[2H][2H].[2H][2H].[2H][2H].[2H][2H].[2H][2H].[2H][2H].[2H][2H].[2H][2H].[2H][2H].[2H][2H].[C-]#[N+]C(C(=O)OCC)c1ncnc(N(C)Cc2ccccc2)c1[N+](=O)[O-].[H-].[K+].[K+]. The van der Waals surface area contributed by atoms with Crippen molar-refractivity contribution in [2.75, 3.05) is 56.2 Å². The van der Waals surface area contributed by atoms with Gasteiger partial charge >= 0.3 is 132 Å². The Bertz CT molecular complexity index is 3760. The van der Waals surface area contributed by atoms with E-state index in [9.17, 15) is 33.7 Å². The Hall–Kier alpha value is -7.02. The van der Waals surface area contributed by atoms with E-state index < -0.39 is 47.0 Å². The molecule has 9 rings (SSSR count). The second-order valence-electron chi connectivity index (χ2n) is 17.0. The molecule has 25 nitrogen and oxygen atoms in total. The Morgan fingerprint density at radius 1 is 0.805 bits per heavy atom. The summed E-state index contributed by atoms with van der Waals surface area (Å²) >= 11 is 0. The average molecular weight is 1830 g/mol. The van der Waals surface area contributed by atoms with E-state index in [-0.39, 0.29) is 132 Å². The van der Waals surface area contributed by atoms with Gasteiger partial charge in [0.1, 0.15) is 36.2 Å². The fourth-order valence-electron chi connectivity index (χ4n) is 8.46. The molecule has 0 saturated heterocycles. The van der Waals surface area contributed by atoms with Crippen molar-refractivity contribution >= 4 is 47.1 Å². The number of nitro groups is 1. The van der Waals surface area contributed by atoms with Gasteiger partial charge in [-0.15, -0.1) is 0 Å². The summed E-state index contributed by atoms with van der Waals surface area (Å²) in [5.41, 5.74) is 12.5. The van der Waals surface area contributed by atoms with Crippen molar-refractivity contribution in [1.29, 1.82) is 0 Å². The molecule has 0 bridgehead atoms. The molecule has 0 saturated carbocycles. The van der Waals surface area contributed by atoms with Gasteiger partial charge in [-0.25, -0.2) is 50.9 Å². The number of hydrogen-bond acceptors (Lipinski definition) is 21.